The van der Waals surface area contributed by atoms with Crippen LogP contribution in [0.25, 0.3) is 0 Å². The molecule has 3 nitrogen and oxygen atoms in total. The van der Waals surface area contributed by atoms with E-state index < -0.39 is 12.1 Å². The van der Waals surface area contributed by atoms with Crippen LogP contribution in [0.5, 0.6) is 0 Å². The molecule has 0 aromatic heterocycles. The van der Waals surface area contributed by atoms with Gasteiger partial charge in [0.25, 0.3) is 0 Å². The summed E-state index contributed by atoms with van der Waals surface area (Å²) in [7, 11) is 0. The monoisotopic (exact) mass is 308 g/mol. The summed E-state index contributed by atoms with van der Waals surface area (Å²) in [6.07, 6.45) is 13.3. The molecular formula is C19H32O3. The lowest BCUT2D eigenvalue weighted by atomic mass is 9.96. The molecule has 3 atom stereocenters. The zero-order valence-corrected chi connectivity index (χ0v) is 14.5. The van der Waals surface area contributed by atoms with Crippen LogP contribution < -0.4 is 0 Å². The lowest BCUT2D eigenvalue weighted by Gasteiger charge is -2.12. The van der Waals surface area contributed by atoms with Crippen molar-refractivity contribution in [3.63, 3.8) is 0 Å². The number of aliphatic carboxylic acids is 1. The van der Waals surface area contributed by atoms with Gasteiger partial charge in [-0.2, -0.15) is 0 Å². The Kier molecular flexibility index (Phi) is 11.5. The van der Waals surface area contributed by atoms with Gasteiger partial charge in [0.1, 0.15) is 0 Å². The number of carboxylic acid groups (broad SMARTS) is 1. The third-order valence-electron chi connectivity index (χ3n) is 3.62. The fraction of sp³-hybridized carbons (Fsp3) is 0.632. The first-order valence-corrected chi connectivity index (χ1v) is 8.20. The highest BCUT2D eigenvalue weighted by atomic mass is 16.4. The second kappa shape index (κ2) is 12.2. The Morgan fingerprint density at radius 2 is 1.86 bits per heavy atom. The van der Waals surface area contributed by atoms with Crippen LogP contribution in [0.3, 0.4) is 0 Å². The Balaban J connectivity index is 3.97. The summed E-state index contributed by atoms with van der Waals surface area (Å²) < 4.78 is 0. The summed E-state index contributed by atoms with van der Waals surface area (Å²) in [6.45, 7) is 8.52. The molecule has 0 aromatic carbocycles. The van der Waals surface area contributed by atoms with Crippen molar-refractivity contribution >= 4 is 5.97 Å². The number of aliphatic hydroxyl groups is 1. The maximum atomic E-state index is 10.5. The van der Waals surface area contributed by atoms with Crippen molar-refractivity contribution in [2.45, 2.75) is 65.9 Å². The van der Waals surface area contributed by atoms with Gasteiger partial charge < -0.3 is 10.2 Å². The molecule has 0 aliphatic heterocycles. The second-order valence-corrected chi connectivity index (χ2v) is 6.32. The molecule has 0 heterocycles. The summed E-state index contributed by atoms with van der Waals surface area (Å²) >= 11 is 0. The van der Waals surface area contributed by atoms with E-state index in [1.165, 1.54) is 5.57 Å². The highest BCUT2D eigenvalue weighted by molar-refractivity contribution is 5.67. The summed E-state index contributed by atoms with van der Waals surface area (Å²) in [6, 6.07) is 0. The van der Waals surface area contributed by atoms with Crippen molar-refractivity contribution in [3.8, 4) is 0 Å². The van der Waals surface area contributed by atoms with Crippen LogP contribution in [0.2, 0.25) is 0 Å². The zero-order chi connectivity index (χ0) is 17.0. The fourth-order valence-electron chi connectivity index (χ4n) is 2.35. The standard InChI is InChI=1S/C19H32O3/c1-5-6-8-16(3)13-17(4)10-7-9-15(2)11-12-18(20)14-19(21)22/h5-8,10,15,17-18,20H,9,11-14H2,1-4H3,(H,21,22)/b6-5+,10-7+,16-8+. The molecule has 22 heavy (non-hydrogen) atoms. The third-order valence-corrected chi connectivity index (χ3v) is 3.62. The zero-order valence-electron chi connectivity index (χ0n) is 14.5. The Labute approximate surface area is 135 Å². The van der Waals surface area contributed by atoms with E-state index in [9.17, 15) is 9.90 Å². The number of carbonyl (C=O) groups is 1. The molecule has 126 valence electrons. The number of hydrogen-bond acceptors (Lipinski definition) is 2. The quantitative estimate of drug-likeness (QED) is 0.428. The molecule has 0 fully saturated rings. The van der Waals surface area contributed by atoms with E-state index in [1.54, 1.807) is 0 Å². The molecule has 3 unspecified atom stereocenters. The van der Waals surface area contributed by atoms with Gasteiger partial charge in [0.2, 0.25) is 0 Å². The molecule has 0 saturated heterocycles. The maximum Gasteiger partial charge on any atom is 0.305 e. The van der Waals surface area contributed by atoms with E-state index in [0.29, 0.717) is 18.3 Å². The minimum atomic E-state index is -0.935. The summed E-state index contributed by atoms with van der Waals surface area (Å²) in [5.74, 6) is 0.0491. The largest absolute Gasteiger partial charge is 0.481 e. The Morgan fingerprint density at radius 3 is 2.45 bits per heavy atom. The smallest absolute Gasteiger partial charge is 0.305 e. The van der Waals surface area contributed by atoms with Gasteiger partial charge in [-0.3, -0.25) is 4.79 Å². The highest BCUT2D eigenvalue weighted by Crippen LogP contribution is 2.17. The predicted molar refractivity (Wildman–Crippen MR) is 92.8 cm³/mol. The Morgan fingerprint density at radius 1 is 1.18 bits per heavy atom. The molecule has 0 spiro atoms. The molecule has 0 rings (SSSR count). The topological polar surface area (TPSA) is 57.5 Å². The molecule has 0 radical (unpaired) electrons. The lowest BCUT2D eigenvalue weighted by Crippen LogP contribution is -2.13. The van der Waals surface area contributed by atoms with Crippen molar-refractivity contribution in [2.75, 3.05) is 0 Å². The SMILES string of the molecule is C/C=C/C=C(\C)CC(C)/C=C/CC(C)CCC(O)CC(=O)O. The molecule has 0 saturated carbocycles. The van der Waals surface area contributed by atoms with Crippen LogP contribution in [0.4, 0.5) is 0 Å². The predicted octanol–water partition coefficient (Wildman–Crippen LogP) is 4.73. The normalized spacial score (nSPS) is 17.0. The average molecular weight is 308 g/mol. The molecule has 0 bridgehead atoms. The number of hydrogen-bond donors (Lipinski definition) is 2. The Hall–Kier alpha value is -1.35. The van der Waals surface area contributed by atoms with Gasteiger partial charge in [-0.1, -0.05) is 49.8 Å². The van der Waals surface area contributed by atoms with Gasteiger partial charge >= 0.3 is 5.97 Å². The minimum absolute atomic E-state index is 0.155. The van der Waals surface area contributed by atoms with Crippen molar-refractivity contribution in [1.29, 1.82) is 0 Å². The Bertz CT molecular complexity index is 393. The number of aliphatic hydroxyl groups excluding tert-OH is 1. The minimum Gasteiger partial charge on any atom is -0.481 e. The summed E-state index contributed by atoms with van der Waals surface area (Å²) in [5, 5.41) is 18.1. The van der Waals surface area contributed by atoms with Crippen molar-refractivity contribution in [1.82, 2.24) is 0 Å². The van der Waals surface area contributed by atoms with E-state index in [0.717, 1.165) is 19.3 Å². The molecule has 0 aromatic rings. The first-order chi connectivity index (χ1) is 10.3. The third kappa shape index (κ3) is 12.4. The van der Waals surface area contributed by atoms with Gasteiger partial charge in [0, 0.05) is 0 Å². The molecule has 2 N–H and O–H groups in total. The van der Waals surface area contributed by atoms with Gasteiger partial charge in [0.15, 0.2) is 0 Å². The maximum absolute atomic E-state index is 10.5. The molecular weight excluding hydrogens is 276 g/mol. The molecule has 0 aliphatic carbocycles. The first kappa shape index (κ1) is 20.6. The van der Waals surface area contributed by atoms with Crippen LogP contribution in [-0.2, 0) is 4.79 Å². The molecule has 0 aliphatic rings. The lowest BCUT2D eigenvalue weighted by molar-refractivity contribution is -0.139. The molecule has 0 amide bonds. The fourth-order valence-corrected chi connectivity index (χ4v) is 2.35. The van der Waals surface area contributed by atoms with E-state index >= 15 is 0 Å². The van der Waals surface area contributed by atoms with Crippen LogP contribution in [0.15, 0.2) is 36.0 Å². The number of rotatable bonds is 11. The van der Waals surface area contributed by atoms with Gasteiger partial charge in [-0.25, -0.2) is 0 Å². The van der Waals surface area contributed by atoms with E-state index in [-0.39, 0.29) is 6.42 Å². The van der Waals surface area contributed by atoms with Crippen LogP contribution in [0, 0.1) is 11.8 Å². The van der Waals surface area contributed by atoms with Gasteiger partial charge in [-0.05, 0) is 51.4 Å². The van der Waals surface area contributed by atoms with Crippen LogP contribution in [-0.4, -0.2) is 22.3 Å². The van der Waals surface area contributed by atoms with E-state index in [2.05, 4.69) is 45.1 Å². The van der Waals surface area contributed by atoms with E-state index in [4.69, 9.17) is 5.11 Å². The van der Waals surface area contributed by atoms with Gasteiger partial charge in [-0.15, -0.1) is 0 Å². The number of allylic oxidation sites excluding steroid dienone is 6. The van der Waals surface area contributed by atoms with Crippen molar-refractivity contribution in [3.05, 3.63) is 36.0 Å². The first-order valence-electron chi connectivity index (χ1n) is 8.20. The summed E-state index contributed by atoms with van der Waals surface area (Å²) in [5.41, 5.74) is 1.38. The summed E-state index contributed by atoms with van der Waals surface area (Å²) in [4.78, 5) is 10.5. The van der Waals surface area contributed by atoms with Crippen molar-refractivity contribution in [2.24, 2.45) is 11.8 Å². The van der Waals surface area contributed by atoms with E-state index in [1.807, 2.05) is 13.0 Å². The van der Waals surface area contributed by atoms with Crippen LogP contribution >= 0.6 is 0 Å². The highest BCUT2D eigenvalue weighted by Gasteiger charge is 2.11. The van der Waals surface area contributed by atoms with Gasteiger partial charge in [0.05, 0.1) is 12.5 Å². The number of carboxylic acids is 1. The average Bonchev–Trinajstić information content (AvgIpc) is 2.42. The van der Waals surface area contributed by atoms with Crippen LogP contribution in [0.1, 0.15) is 59.8 Å². The molecule has 3 heteroatoms. The van der Waals surface area contributed by atoms with Crippen molar-refractivity contribution < 1.29 is 15.0 Å². The second-order valence-electron chi connectivity index (χ2n) is 6.32.